The van der Waals surface area contributed by atoms with E-state index in [2.05, 4.69) is 4.99 Å². The zero-order valence-corrected chi connectivity index (χ0v) is 18.2. The maximum Gasteiger partial charge on any atom is 0.271 e. The zero-order valence-electron chi connectivity index (χ0n) is 16.7. The smallest absolute Gasteiger partial charge is 0.271 e. The molecule has 158 valence electrons. The highest BCUT2D eigenvalue weighted by atomic mass is 35.5. The van der Waals surface area contributed by atoms with Gasteiger partial charge in [-0.2, -0.15) is 0 Å². The Bertz CT molecular complexity index is 963. The molecule has 1 saturated heterocycles. The Kier molecular flexibility index (Phi) is 7.55. The first kappa shape index (κ1) is 22.4. The number of ether oxygens (including phenoxy) is 1. The van der Waals surface area contributed by atoms with Crippen molar-refractivity contribution in [2.75, 3.05) is 18.1 Å². The zero-order chi connectivity index (χ0) is 21.7. The van der Waals surface area contributed by atoms with Gasteiger partial charge in [-0.1, -0.05) is 35.9 Å². The van der Waals surface area contributed by atoms with E-state index in [0.717, 1.165) is 11.3 Å². The topological polar surface area (TPSA) is 82.4 Å². The van der Waals surface area contributed by atoms with Crippen LogP contribution < -0.4 is 9.64 Å². The summed E-state index contributed by atoms with van der Waals surface area (Å²) in [6, 6.07) is 14.6. The van der Waals surface area contributed by atoms with Gasteiger partial charge in [0, 0.05) is 6.04 Å². The molecule has 1 aliphatic heterocycles. The van der Waals surface area contributed by atoms with Crippen molar-refractivity contribution in [3.05, 3.63) is 64.0 Å². The average Bonchev–Trinajstić information content (AvgIpc) is 3.01. The fourth-order valence-corrected chi connectivity index (χ4v) is 4.06. The first-order chi connectivity index (χ1) is 14.4. The van der Waals surface area contributed by atoms with Crippen LogP contribution in [0.4, 0.5) is 5.69 Å². The number of hydrogen-bond donors (Lipinski definition) is 2. The average molecular weight is 447 g/mol. The van der Waals surface area contributed by atoms with Gasteiger partial charge in [0.2, 0.25) is 0 Å². The molecule has 1 amide bonds. The van der Waals surface area contributed by atoms with Crippen molar-refractivity contribution in [1.29, 1.82) is 0 Å². The summed E-state index contributed by atoms with van der Waals surface area (Å²) < 4.78 is 5.41. The number of aliphatic hydroxyl groups excluding tert-OH is 2. The summed E-state index contributed by atoms with van der Waals surface area (Å²) in [5, 5.41) is 19.3. The molecule has 0 radical (unpaired) electrons. The molecule has 1 atom stereocenters. The van der Waals surface area contributed by atoms with Crippen LogP contribution in [0.3, 0.4) is 0 Å². The Hall–Kier alpha value is -2.32. The van der Waals surface area contributed by atoms with Crippen LogP contribution in [0.25, 0.3) is 6.08 Å². The quantitative estimate of drug-likeness (QED) is 0.629. The van der Waals surface area contributed by atoms with E-state index in [4.69, 9.17) is 21.4 Å². The van der Waals surface area contributed by atoms with Crippen molar-refractivity contribution in [2.45, 2.75) is 26.0 Å². The fourth-order valence-electron chi connectivity index (χ4n) is 2.70. The molecule has 8 heteroatoms. The van der Waals surface area contributed by atoms with E-state index in [9.17, 15) is 9.90 Å². The summed E-state index contributed by atoms with van der Waals surface area (Å²) in [6.07, 6.45) is 0.794. The number of rotatable bonds is 7. The molecule has 30 heavy (non-hydrogen) atoms. The summed E-state index contributed by atoms with van der Waals surface area (Å²) in [7, 11) is 0. The highest BCUT2D eigenvalue weighted by molar-refractivity contribution is 8.19. The van der Waals surface area contributed by atoms with Gasteiger partial charge in [0.15, 0.2) is 5.17 Å². The highest BCUT2D eigenvalue weighted by Gasteiger charge is 2.34. The third-order valence-corrected chi connectivity index (χ3v) is 5.36. The summed E-state index contributed by atoms with van der Waals surface area (Å²) in [5.74, 6) is 0.248. The van der Waals surface area contributed by atoms with E-state index in [1.54, 1.807) is 29.2 Å². The number of para-hydroxylation sites is 1. The highest BCUT2D eigenvalue weighted by Crippen LogP contribution is 2.37. The number of halogens is 1. The summed E-state index contributed by atoms with van der Waals surface area (Å²) in [6.45, 7) is 3.48. The Balaban J connectivity index is 1.86. The number of aliphatic imine (C=N–C) groups is 1. The second-order valence-corrected chi connectivity index (χ2v) is 8.35. The first-order valence-corrected chi connectivity index (χ1v) is 10.7. The Morgan fingerprint density at radius 2 is 1.97 bits per heavy atom. The molecule has 0 spiro atoms. The van der Waals surface area contributed by atoms with Gasteiger partial charge in [-0.05, 0) is 61.5 Å². The predicted octanol–water partition coefficient (Wildman–Crippen LogP) is 3.96. The maximum atomic E-state index is 13.1. The minimum absolute atomic E-state index is 0.0472. The lowest BCUT2D eigenvalue weighted by Crippen LogP contribution is -2.29. The molecule has 0 saturated carbocycles. The van der Waals surface area contributed by atoms with Crippen LogP contribution in [-0.2, 0) is 4.79 Å². The van der Waals surface area contributed by atoms with Crippen LogP contribution in [0.5, 0.6) is 5.75 Å². The molecule has 6 nitrogen and oxygen atoms in total. The van der Waals surface area contributed by atoms with Crippen LogP contribution >= 0.6 is 23.4 Å². The van der Waals surface area contributed by atoms with Crippen molar-refractivity contribution in [2.24, 2.45) is 4.99 Å². The summed E-state index contributed by atoms with van der Waals surface area (Å²) in [5.41, 5.74) is 1.51. The third-order valence-electron chi connectivity index (χ3n) is 4.09. The molecule has 1 fully saturated rings. The minimum atomic E-state index is -0.974. The number of carbonyl (C=O) groups excluding carboxylic acids is 1. The molecule has 0 aromatic heterocycles. The molecule has 1 heterocycles. The van der Waals surface area contributed by atoms with Crippen molar-refractivity contribution in [3.8, 4) is 5.75 Å². The monoisotopic (exact) mass is 446 g/mol. The Morgan fingerprint density at radius 1 is 1.23 bits per heavy atom. The van der Waals surface area contributed by atoms with Gasteiger partial charge in [0.05, 0.1) is 22.2 Å². The van der Waals surface area contributed by atoms with Crippen LogP contribution in [0.2, 0.25) is 5.02 Å². The van der Waals surface area contributed by atoms with E-state index in [1.807, 2.05) is 44.2 Å². The summed E-state index contributed by atoms with van der Waals surface area (Å²) in [4.78, 5) is 19.9. The standard InChI is InChI=1S/C22H23ClN2O4S/c1-14(2)24-22-25(16-6-4-3-5-7-16)21(28)20(30-22)11-15-8-9-19(18(23)10-15)29-13-17(27)12-26/h3-11,14,17,26-27H,12-13H2,1-2H3. The first-order valence-electron chi connectivity index (χ1n) is 9.47. The number of aliphatic hydroxyl groups is 2. The maximum absolute atomic E-state index is 13.1. The number of anilines is 1. The van der Waals surface area contributed by atoms with E-state index in [1.165, 1.54) is 11.8 Å². The molecule has 2 aromatic carbocycles. The second kappa shape index (κ2) is 10.1. The lowest BCUT2D eigenvalue weighted by atomic mass is 10.2. The van der Waals surface area contributed by atoms with Crippen molar-refractivity contribution in [1.82, 2.24) is 0 Å². The van der Waals surface area contributed by atoms with E-state index in [-0.39, 0.29) is 25.2 Å². The summed E-state index contributed by atoms with van der Waals surface area (Å²) >= 11 is 7.60. The van der Waals surface area contributed by atoms with Crippen molar-refractivity contribution in [3.63, 3.8) is 0 Å². The van der Waals surface area contributed by atoms with Crippen LogP contribution in [0.15, 0.2) is 58.4 Å². The number of carbonyl (C=O) groups is 1. The number of amidine groups is 1. The Morgan fingerprint density at radius 3 is 2.60 bits per heavy atom. The molecule has 0 bridgehead atoms. The number of thioether (sulfide) groups is 1. The molecular weight excluding hydrogens is 424 g/mol. The molecule has 1 aliphatic rings. The number of nitrogens with zero attached hydrogens (tertiary/aromatic N) is 2. The fraction of sp³-hybridized carbons (Fsp3) is 0.273. The van der Waals surface area contributed by atoms with E-state index >= 15 is 0 Å². The molecule has 1 unspecified atom stereocenters. The van der Waals surface area contributed by atoms with Crippen LogP contribution in [0, 0.1) is 0 Å². The van der Waals surface area contributed by atoms with Crippen molar-refractivity contribution >= 4 is 46.2 Å². The predicted molar refractivity (Wildman–Crippen MR) is 122 cm³/mol. The lowest BCUT2D eigenvalue weighted by molar-refractivity contribution is -0.113. The van der Waals surface area contributed by atoms with Crippen LogP contribution in [-0.4, -0.2) is 46.6 Å². The normalized spacial score (nSPS) is 17.9. The van der Waals surface area contributed by atoms with E-state index in [0.29, 0.717) is 20.8 Å². The SMILES string of the molecule is CC(C)N=C1SC(=Cc2ccc(OCC(O)CO)c(Cl)c2)C(=O)N1c1ccccc1. The molecule has 2 aromatic rings. The Labute approximate surface area is 184 Å². The van der Waals surface area contributed by atoms with Crippen molar-refractivity contribution < 1.29 is 19.7 Å². The van der Waals surface area contributed by atoms with Gasteiger partial charge in [-0.3, -0.25) is 14.7 Å². The molecule has 3 rings (SSSR count). The minimum Gasteiger partial charge on any atom is -0.489 e. The number of hydrogen-bond acceptors (Lipinski definition) is 6. The van der Waals surface area contributed by atoms with Gasteiger partial charge >= 0.3 is 0 Å². The molecular formula is C22H23ClN2O4S. The lowest BCUT2D eigenvalue weighted by Gasteiger charge is -2.16. The van der Waals surface area contributed by atoms with Gasteiger partial charge in [-0.25, -0.2) is 0 Å². The van der Waals surface area contributed by atoms with Gasteiger partial charge in [0.25, 0.3) is 5.91 Å². The van der Waals surface area contributed by atoms with Gasteiger partial charge < -0.3 is 14.9 Å². The van der Waals surface area contributed by atoms with Gasteiger partial charge in [-0.15, -0.1) is 0 Å². The third kappa shape index (κ3) is 5.43. The largest absolute Gasteiger partial charge is 0.489 e. The number of amides is 1. The molecule has 0 aliphatic carbocycles. The van der Waals surface area contributed by atoms with Crippen LogP contribution in [0.1, 0.15) is 19.4 Å². The molecule has 2 N–H and O–H groups in total. The number of benzene rings is 2. The second-order valence-electron chi connectivity index (χ2n) is 6.93. The van der Waals surface area contributed by atoms with E-state index < -0.39 is 6.10 Å². The van der Waals surface area contributed by atoms with Gasteiger partial charge in [0.1, 0.15) is 18.5 Å².